The number of esters is 1. The molecule has 0 fully saturated rings. The number of carbonyl (C=O) groups excluding carboxylic acids is 1. The molecule has 0 spiro atoms. The summed E-state index contributed by atoms with van der Waals surface area (Å²) in [6.45, 7) is 5.92. The van der Waals surface area contributed by atoms with Crippen molar-refractivity contribution in [1.29, 1.82) is 0 Å². The first-order valence-corrected chi connectivity index (χ1v) is 7.42. The highest BCUT2D eigenvalue weighted by atomic mass is 16.5. The molecule has 0 amide bonds. The Morgan fingerprint density at radius 2 is 1.90 bits per heavy atom. The van der Waals surface area contributed by atoms with E-state index in [1.54, 1.807) is 0 Å². The summed E-state index contributed by atoms with van der Waals surface area (Å²) in [4.78, 5) is 11.6. The average molecular weight is 293 g/mol. The number of carbonyl (C=O) groups is 1. The van der Waals surface area contributed by atoms with Gasteiger partial charge in [-0.25, -0.2) is 0 Å². The van der Waals surface area contributed by atoms with Crippen LogP contribution in [0.2, 0.25) is 0 Å². The van der Waals surface area contributed by atoms with Crippen LogP contribution in [-0.4, -0.2) is 32.8 Å². The molecule has 21 heavy (non-hydrogen) atoms. The van der Waals surface area contributed by atoms with Crippen molar-refractivity contribution in [3.8, 4) is 11.5 Å². The van der Waals surface area contributed by atoms with Gasteiger partial charge in [-0.1, -0.05) is 0 Å². The minimum atomic E-state index is -0.216. The number of nitrogens with one attached hydrogen (secondary N) is 1. The van der Waals surface area contributed by atoms with Crippen LogP contribution < -0.4 is 14.8 Å². The standard InChI is InChI=1S/C16H23NO4/c1-4-20-14-8-11-6-7-17-13(10-16(18)19-3)12(11)9-15(14)21-5-2/h8-9,13,17H,4-7,10H2,1-3H3. The lowest BCUT2D eigenvalue weighted by molar-refractivity contribution is -0.141. The number of rotatable bonds is 6. The summed E-state index contributed by atoms with van der Waals surface area (Å²) in [5.74, 6) is 1.29. The summed E-state index contributed by atoms with van der Waals surface area (Å²) in [6.07, 6.45) is 1.24. The molecule has 1 aromatic rings. The molecule has 1 unspecified atom stereocenters. The van der Waals surface area contributed by atoms with E-state index in [-0.39, 0.29) is 12.0 Å². The normalized spacial score (nSPS) is 17.0. The number of ether oxygens (including phenoxy) is 3. The topological polar surface area (TPSA) is 56.8 Å². The van der Waals surface area contributed by atoms with Crippen LogP contribution >= 0.6 is 0 Å². The van der Waals surface area contributed by atoms with Gasteiger partial charge in [0.1, 0.15) is 0 Å². The van der Waals surface area contributed by atoms with E-state index in [2.05, 4.69) is 5.32 Å². The predicted octanol–water partition coefficient (Wildman–Crippen LogP) is 2.23. The Balaban J connectivity index is 2.33. The van der Waals surface area contributed by atoms with Crippen molar-refractivity contribution in [3.63, 3.8) is 0 Å². The van der Waals surface area contributed by atoms with Crippen LogP contribution in [0.1, 0.15) is 37.4 Å². The van der Waals surface area contributed by atoms with E-state index in [1.807, 2.05) is 26.0 Å². The maximum absolute atomic E-state index is 11.6. The smallest absolute Gasteiger partial charge is 0.307 e. The van der Waals surface area contributed by atoms with Crippen molar-refractivity contribution in [2.45, 2.75) is 32.7 Å². The molecule has 0 aliphatic carbocycles. The second-order valence-electron chi connectivity index (χ2n) is 4.90. The summed E-state index contributed by atoms with van der Waals surface area (Å²) in [6, 6.07) is 3.99. The molecule has 1 heterocycles. The highest BCUT2D eigenvalue weighted by molar-refractivity contribution is 5.70. The molecule has 0 aromatic heterocycles. The SMILES string of the molecule is CCOc1cc2c(cc1OCC)C(CC(=O)OC)NCC2. The van der Waals surface area contributed by atoms with Gasteiger partial charge in [0.2, 0.25) is 0 Å². The van der Waals surface area contributed by atoms with E-state index in [0.29, 0.717) is 19.6 Å². The van der Waals surface area contributed by atoms with Crippen molar-refractivity contribution < 1.29 is 19.0 Å². The number of hydrogen-bond acceptors (Lipinski definition) is 5. The van der Waals surface area contributed by atoms with Crippen LogP contribution in [0.4, 0.5) is 0 Å². The van der Waals surface area contributed by atoms with Gasteiger partial charge in [0.05, 0.1) is 26.7 Å². The van der Waals surface area contributed by atoms with Gasteiger partial charge in [0.25, 0.3) is 0 Å². The van der Waals surface area contributed by atoms with Gasteiger partial charge >= 0.3 is 5.97 Å². The van der Waals surface area contributed by atoms with Crippen LogP contribution in [0, 0.1) is 0 Å². The zero-order chi connectivity index (χ0) is 15.2. The molecule has 1 aliphatic heterocycles. The Morgan fingerprint density at radius 3 is 2.52 bits per heavy atom. The van der Waals surface area contributed by atoms with E-state index >= 15 is 0 Å². The predicted molar refractivity (Wildman–Crippen MR) is 79.9 cm³/mol. The molecule has 0 saturated carbocycles. The van der Waals surface area contributed by atoms with Gasteiger partial charge in [-0.2, -0.15) is 0 Å². The fourth-order valence-corrected chi connectivity index (χ4v) is 2.62. The summed E-state index contributed by atoms with van der Waals surface area (Å²) < 4.78 is 16.1. The quantitative estimate of drug-likeness (QED) is 0.815. The first-order chi connectivity index (χ1) is 10.2. The maximum atomic E-state index is 11.6. The molecule has 5 nitrogen and oxygen atoms in total. The highest BCUT2D eigenvalue weighted by Crippen LogP contribution is 2.36. The number of hydrogen-bond donors (Lipinski definition) is 1. The third kappa shape index (κ3) is 3.67. The first-order valence-electron chi connectivity index (χ1n) is 7.42. The average Bonchev–Trinajstić information content (AvgIpc) is 2.49. The molecule has 1 N–H and O–H groups in total. The Morgan fingerprint density at radius 1 is 1.24 bits per heavy atom. The fourth-order valence-electron chi connectivity index (χ4n) is 2.62. The lowest BCUT2D eigenvalue weighted by atomic mass is 9.92. The minimum Gasteiger partial charge on any atom is -0.490 e. The number of fused-ring (bicyclic) bond motifs is 1. The van der Waals surface area contributed by atoms with Gasteiger partial charge in [0.15, 0.2) is 11.5 Å². The number of methoxy groups -OCH3 is 1. The van der Waals surface area contributed by atoms with E-state index in [4.69, 9.17) is 14.2 Å². The second kappa shape index (κ2) is 7.31. The summed E-state index contributed by atoms with van der Waals surface area (Å²) >= 11 is 0. The Kier molecular flexibility index (Phi) is 5.44. The summed E-state index contributed by atoms with van der Waals surface area (Å²) in [5.41, 5.74) is 2.30. The minimum absolute atomic E-state index is 0.0314. The third-order valence-electron chi connectivity index (χ3n) is 3.56. The van der Waals surface area contributed by atoms with Gasteiger partial charge in [-0.3, -0.25) is 4.79 Å². The summed E-state index contributed by atoms with van der Waals surface area (Å²) in [7, 11) is 1.41. The zero-order valence-electron chi connectivity index (χ0n) is 12.9. The van der Waals surface area contributed by atoms with Crippen molar-refractivity contribution in [2.24, 2.45) is 0 Å². The third-order valence-corrected chi connectivity index (χ3v) is 3.56. The zero-order valence-corrected chi connectivity index (χ0v) is 12.9. The van der Waals surface area contributed by atoms with Crippen LogP contribution in [0.5, 0.6) is 11.5 Å². The van der Waals surface area contributed by atoms with Gasteiger partial charge < -0.3 is 19.5 Å². The first kappa shape index (κ1) is 15.6. The van der Waals surface area contributed by atoms with Gasteiger partial charge in [-0.15, -0.1) is 0 Å². The molecule has 0 radical (unpaired) electrons. The van der Waals surface area contributed by atoms with Crippen LogP contribution in [0.15, 0.2) is 12.1 Å². The lowest BCUT2D eigenvalue weighted by Crippen LogP contribution is -2.31. The van der Waals surface area contributed by atoms with Gasteiger partial charge in [-0.05, 0) is 50.1 Å². The molecule has 116 valence electrons. The van der Waals surface area contributed by atoms with Crippen LogP contribution in [0.25, 0.3) is 0 Å². The molecule has 0 bridgehead atoms. The molecule has 1 aromatic carbocycles. The Bertz CT molecular complexity index is 501. The summed E-state index contributed by atoms with van der Waals surface area (Å²) in [5, 5.41) is 3.36. The van der Waals surface area contributed by atoms with E-state index < -0.39 is 0 Å². The monoisotopic (exact) mass is 293 g/mol. The lowest BCUT2D eigenvalue weighted by Gasteiger charge is -2.27. The van der Waals surface area contributed by atoms with Crippen molar-refractivity contribution >= 4 is 5.97 Å². The van der Waals surface area contributed by atoms with E-state index in [9.17, 15) is 4.79 Å². The largest absolute Gasteiger partial charge is 0.490 e. The van der Waals surface area contributed by atoms with Crippen LogP contribution in [0.3, 0.4) is 0 Å². The molecule has 0 saturated heterocycles. The van der Waals surface area contributed by atoms with Crippen molar-refractivity contribution in [3.05, 3.63) is 23.3 Å². The van der Waals surface area contributed by atoms with Gasteiger partial charge in [0, 0.05) is 6.04 Å². The maximum Gasteiger partial charge on any atom is 0.307 e. The van der Waals surface area contributed by atoms with Crippen LogP contribution in [-0.2, 0) is 16.0 Å². The Labute approximate surface area is 125 Å². The highest BCUT2D eigenvalue weighted by Gasteiger charge is 2.25. The van der Waals surface area contributed by atoms with E-state index in [1.165, 1.54) is 12.7 Å². The molecule has 1 aliphatic rings. The molecular formula is C16H23NO4. The molecular weight excluding hydrogens is 270 g/mol. The Hall–Kier alpha value is -1.75. The van der Waals surface area contributed by atoms with E-state index in [0.717, 1.165) is 30.0 Å². The fraction of sp³-hybridized carbons (Fsp3) is 0.562. The second-order valence-corrected chi connectivity index (χ2v) is 4.90. The molecule has 1 atom stereocenters. The molecule has 5 heteroatoms. The molecule has 2 rings (SSSR count). The van der Waals surface area contributed by atoms with Crippen molar-refractivity contribution in [1.82, 2.24) is 5.32 Å². The number of benzene rings is 1. The van der Waals surface area contributed by atoms with Crippen molar-refractivity contribution in [2.75, 3.05) is 26.9 Å².